The fraction of sp³-hybridized carbons (Fsp3) is 0.435. The summed E-state index contributed by atoms with van der Waals surface area (Å²) in [4.78, 5) is 14.3. The van der Waals surface area contributed by atoms with Crippen molar-refractivity contribution in [2.75, 3.05) is 31.5 Å². The molecule has 0 bridgehead atoms. The normalized spacial score (nSPS) is 15.2. The number of aliphatic hydroxyl groups is 1. The molecule has 0 spiro atoms. The number of carbonyl (C=O) groups excluding carboxylic acids is 1. The largest absolute Gasteiger partial charge is 0.385 e. The number of nitrogens with zero attached hydrogens (tertiary/aromatic N) is 1. The van der Waals surface area contributed by atoms with Crippen LogP contribution in [0.2, 0.25) is 0 Å². The molecule has 2 aromatic rings. The Morgan fingerprint density at radius 1 is 1.16 bits per heavy atom. The average Bonchev–Trinajstić information content (AvgIpc) is 2.68. The van der Waals surface area contributed by atoms with Crippen molar-refractivity contribution >= 4 is 17.3 Å². The standard InChI is InChI=1S/C23H28F3N3O2/c1-14(2)8-9-27-11-23(31)12-29(13-23)22(30)16-5-6-17(24)20(26)21(16)28-19-7-4-15(3)10-18(19)25/h4-7,10,14,27-28,31H,8-9,11-13H2,1-3H3. The van der Waals surface area contributed by atoms with E-state index in [-0.39, 0.29) is 24.3 Å². The molecule has 168 valence electrons. The van der Waals surface area contributed by atoms with Crippen LogP contribution in [-0.4, -0.2) is 47.7 Å². The predicted molar refractivity (Wildman–Crippen MR) is 114 cm³/mol. The molecule has 8 heteroatoms. The predicted octanol–water partition coefficient (Wildman–Crippen LogP) is 3.98. The molecule has 0 radical (unpaired) electrons. The molecule has 1 amide bonds. The van der Waals surface area contributed by atoms with Gasteiger partial charge in [-0.15, -0.1) is 0 Å². The Bertz CT molecular complexity index is 959. The van der Waals surface area contributed by atoms with Crippen LogP contribution in [0.15, 0.2) is 30.3 Å². The zero-order valence-electron chi connectivity index (χ0n) is 17.9. The van der Waals surface area contributed by atoms with E-state index in [9.17, 15) is 23.1 Å². The van der Waals surface area contributed by atoms with E-state index in [2.05, 4.69) is 24.5 Å². The molecule has 1 saturated heterocycles. The number of β-amino-alcohol motifs (C(OH)–C–C–N with tert-alkyl or cyclic N) is 1. The van der Waals surface area contributed by atoms with Crippen LogP contribution in [0.4, 0.5) is 24.5 Å². The van der Waals surface area contributed by atoms with Crippen LogP contribution in [0, 0.1) is 30.3 Å². The van der Waals surface area contributed by atoms with Gasteiger partial charge in [0.15, 0.2) is 11.6 Å². The summed E-state index contributed by atoms with van der Waals surface area (Å²) in [5.74, 6) is -3.09. The molecule has 5 nitrogen and oxygen atoms in total. The highest BCUT2D eigenvalue weighted by atomic mass is 19.2. The highest BCUT2D eigenvalue weighted by Gasteiger charge is 2.44. The number of nitrogens with one attached hydrogen (secondary N) is 2. The van der Waals surface area contributed by atoms with Crippen LogP contribution < -0.4 is 10.6 Å². The molecule has 1 aliphatic heterocycles. The molecule has 3 rings (SSSR count). The van der Waals surface area contributed by atoms with E-state index in [4.69, 9.17) is 0 Å². The minimum Gasteiger partial charge on any atom is -0.385 e. The molecule has 3 N–H and O–H groups in total. The number of halogens is 3. The van der Waals surface area contributed by atoms with Crippen molar-refractivity contribution in [1.29, 1.82) is 0 Å². The Morgan fingerprint density at radius 2 is 1.87 bits per heavy atom. The molecule has 0 aromatic heterocycles. The maximum Gasteiger partial charge on any atom is 0.256 e. The number of rotatable bonds is 8. The lowest BCUT2D eigenvalue weighted by Gasteiger charge is -2.46. The summed E-state index contributed by atoms with van der Waals surface area (Å²) in [5.41, 5.74) is -1.03. The van der Waals surface area contributed by atoms with Crippen LogP contribution in [0.5, 0.6) is 0 Å². The molecule has 2 aromatic carbocycles. The summed E-state index contributed by atoms with van der Waals surface area (Å²) in [6, 6.07) is 6.29. The SMILES string of the molecule is Cc1ccc(Nc2c(C(=O)N3CC(O)(CNCCC(C)C)C3)ccc(F)c2F)c(F)c1. The number of aryl methyl sites for hydroxylation is 1. The third-order valence-electron chi connectivity index (χ3n) is 5.32. The highest BCUT2D eigenvalue weighted by molar-refractivity contribution is 6.01. The highest BCUT2D eigenvalue weighted by Crippen LogP contribution is 2.31. The van der Waals surface area contributed by atoms with Crippen molar-refractivity contribution in [3.8, 4) is 0 Å². The molecule has 1 aliphatic rings. The van der Waals surface area contributed by atoms with Gasteiger partial charge in [-0.05, 0) is 55.6 Å². The first kappa shape index (κ1) is 23.1. The topological polar surface area (TPSA) is 64.6 Å². The van der Waals surface area contributed by atoms with Crippen LogP contribution in [0.3, 0.4) is 0 Å². The minimum absolute atomic E-state index is 0.0673. The molecule has 31 heavy (non-hydrogen) atoms. The van der Waals surface area contributed by atoms with Gasteiger partial charge in [-0.25, -0.2) is 13.2 Å². The van der Waals surface area contributed by atoms with Gasteiger partial charge in [-0.1, -0.05) is 19.9 Å². The van der Waals surface area contributed by atoms with Crippen LogP contribution in [-0.2, 0) is 0 Å². The molecule has 1 fully saturated rings. The third kappa shape index (κ3) is 5.37. The van der Waals surface area contributed by atoms with Gasteiger partial charge in [0.05, 0.1) is 30.0 Å². The molecule has 0 saturated carbocycles. The fourth-order valence-electron chi connectivity index (χ4n) is 3.51. The molecular formula is C23H28F3N3O2. The summed E-state index contributed by atoms with van der Waals surface area (Å²) in [5, 5.41) is 16.3. The quantitative estimate of drug-likeness (QED) is 0.549. The number of likely N-dealkylation sites (tertiary alicyclic amines) is 1. The lowest BCUT2D eigenvalue weighted by atomic mass is 9.92. The van der Waals surface area contributed by atoms with Gasteiger partial charge in [-0.2, -0.15) is 0 Å². The van der Waals surface area contributed by atoms with Gasteiger partial charge in [0, 0.05) is 6.54 Å². The smallest absolute Gasteiger partial charge is 0.256 e. The summed E-state index contributed by atoms with van der Waals surface area (Å²) >= 11 is 0. The van der Waals surface area contributed by atoms with E-state index in [0.717, 1.165) is 25.1 Å². The monoisotopic (exact) mass is 435 g/mol. The van der Waals surface area contributed by atoms with Gasteiger partial charge >= 0.3 is 0 Å². The third-order valence-corrected chi connectivity index (χ3v) is 5.32. The van der Waals surface area contributed by atoms with Crippen molar-refractivity contribution in [3.05, 3.63) is 58.9 Å². The summed E-state index contributed by atoms with van der Waals surface area (Å²) in [6.07, 6.45) is 0.970. The van der Waals surface area contributed by atoms with E-state index in [1.54, 1.807) is 13.0 Å². The van der Waals surface area contributed by atoms with Crippen LogP contribution >= 0.6 is 0 Å². The molecular weight excluding hydrogens is 407 g/mol. The van der Waals surface area contributed by atoms with Gasteiger partial charge in [0.1, 0.15) is 11.4 Å². The second-order valence-corrected chi connectivity index (χ2v) is 8.64. The second kappa shape index (κ2) is 9.28. The number of hydrogen-bond acceptors (Lipinski definition) is 4. The van der Waals surface area contributed by atoms with Gasteiger partial charge < -0.3 is 20.6 Å². The van der Waals surface area contributed by atoms with E-state index in [1.807, 2.05) is 0 Å². The van der Waals surface area contributed by atoms with Crippen LogP contribution in [0.25, 0.3) is 0 Å². The lowest BCUT2D eigenvalue weighted by Crippen LogP contribution is -2.67. The Morgan fingerprint density at radius 3 is 2.52 bits per heavy atom. The van der Waals surface area contributed by atoms with Crippen molar-refractivity contribution in [3.63, 3.8) is 0 Å². The van der Waals surface area contributed by atoms with E-state index >= 15 is 0 Å². The Balaban J connectivity index is 1.73. The molecule has 0 aliphatic carbocycles. The van der Waals surface area contributed by atoms with Crippen LogP contribution in [0.1, 0.15) is 36.2 Å². The second-order valence-electron chi connectivity index (χ2n) is 8.64. The lowest BCUT2D eigenvalue weighted by molar-refractivity contribution is -0.0785. The number of amides is 1. The first-order valence-electron chi connectivity index (χ1n) is 10.3. The minimum atomic E-state index is -1.27. The number of benzene rings is 2. The summed E-state index contributed by atoms with van der Waals surface area (Å²) in [7, 11) is 0. The van der Waals surface area contributed by atoms with Crippen molar-refractivity contribution in [2.45, 2.75) is 32.8 Å². The molecule has 1 heterocycles. The molecule has 0 unspecified atom stereocenters. The van der Waals surface area contributed by atoms with Gasteiger partial charge in [0.25, 0.3) is 5.91 Å². The van der Waals surface area contributed by atoms with Crippen molar-refractivity contribution in [1.82, 2.24) is 10.2 Å². The zero-order valence-corrected chi connectivity index (χ0v) is 17.9. The van der Waals surface area contributed by atoms with E-state index in [0.29, 0.717) is 18.0 Å². The number of hydrogen-bond donors (Lipinski definition) is 3. The summed E-state index contributed by atoms with van der Waals surface area (Å²) in [6.45, 7) is 7.14. The average molecular weight is 435 g/mol. The van der Waals surface area contributed by atoms with Gasteiger partial charge in [0.2, 0.25) is 0 Å². The summed E-state index contributed by atoms with van der Waals surface area (Å²) < 4.78 is 42.6. The maximum absolute atomic E-state index is 14.5. The van der Waals surface area contributed by atoms with Crippen molar-refractivity contribution in [2.24, 2.45) is 5.92 Å². The maximum atomic E-state index is 14.5. The Hall–Kier alpha value is -2.58. The Labute approximate surface area is 180 Å². The van der Waals surface area contributed by atoms with Gasteiger partial charge in [-0.3, -0.25) is 4.79 Å². The van der Waals surface area contributed by atoms with Crippen molar-refractivity contribution < 1.29 is 23.1 Å². The number of anilines is 2. The van der Waals surface area contributed by atoms with E-state index in [1.165, 1.54) is 17.0 Å². The Kier molecular flexibility index (Phi) is 6.91. The first-order chi connectivity index (χ1) is 14.6. The number of carbonyl (C=O) groups is 1. The zero-order chi connectivity index (χ0) is 22.8. The first-order valence-corrected chi connectivity index (χ1v) is 10.3. The fourth-order valence-corrected chi connectivity index (χ4v) is 3.51. The van der Waals surface area contributed by atoms with E-state index < -0.39 is 34.6 Å². The molecule has 0 atom stereocenters.